The lowest BCUT2D eigenvalue weighted by molar-refractivity contribution is -0.0293. The number of nitrogens with two attached hydrogens (primary N) is 2. The summed E-state index contributed by atoms with van der Waals surface area (Å²) in [5.41, 5.74) is 15.0. The molecule has 0 saturated carbocycles. The van der Waals surface area contributed by atoms with Gasteiger partial charge in [-0.2, -0.15) is 0 Å². The van der Waals surface area contributed by atoms with Gasteiger partial charge in [-0.15, -0.1) is 0 Å². The average molecular weight is 860 g/mol. The number of carbonyl (C=O) groups excluding carboxylic acids is 2. The number of hydrogen-bond donors (Lipinski definition) is 3. The second-order valence-corrected chi connectivity index (χ2v) is 16.9. The third-order valence-corrected chi connectivity index (χ3v) is 9.26. The van der Waals surface area contributed by atoms with Crippen LogP contribution in [0.1, 0.15) is 60.8 Å². The molecule has 332 valence electrons. The number of carbonyl (C=O) groups is 2. The largest absolute Gasteiger partial charge is 0.519 e. The van der Waals surface area contributed by atoms with Crippen LogP contribution in [0.25, 0.3) is 22.1 Å². The number of nitrogens with one attached hydrogen (secondary N) is 1. The molecule has 2 fully saturated rings. The Hall–Kier alpha value is -6.94. The fraction of sp³-hybridized carbons (Fsp3) is 0.362. The number of fused-ring (bicyclic) bond motifs is 2. The van der Waals surface area contributed by atoms with E-state index in [4.69, 9.17) is 40.4 Å². The van der Waals surface area contributed by atoms with Gasteiger partial charge in [0.05, 0.1) is 34.5 Å². The Kier molecular flexibility index (Phi) is 15.0. The fourth-order valence-electron chi connectivity index (χ4n) is 6.45. The molecule has 2 aliphatic rings. The summed E-state index contributed by atoms with van der Waals surface area (Å²) >= 11 is 0. The minimum absolute atomic E-state index is 0.675. The second-order valence-electron chi connectivity index (χ2n) is 16.9. The third kappa shape index (κ3) is 14.6. The SMILES string of the molecule is CC(C)(C)OC(=O)OC(=O)OC(C)(C)C.Nc1cccc(Oc2ccc3ncc(N4CCCCC4)nc3c2)c1.Nc1cccc(Oc2ccc3ncc(N4CCNCC4)nc3c2)c1. The topological polar surface area (TPSA) is 202 Å². The van der Waals surface area contributed by atoms with Crippen LogP contribution in [-0.4, -0.2) is 82.7 Å². The third-order valence-electron chi connectivity index (χ3n) is 9.26. The molecule has 2 aromatic heterocycles. The molecule has 4 aromatic carbocycles. The standard InChI is InChI=1S/C19H20N4O.C18H19N5O.C10H18O5/c20-14-5-4-6-15(11-14)24-16-7-8-17-18(12-16)22-19(13-21-17)23-9-2-1-3-10-23;19-13-2-1-3-14(10-13)24-15-4-5-16-17(11-15)22-18(12-21-16)23-8-6-20-7-9-23;1-9(2,3)14-7(11)13-8(12)15-10(4,5)6/h4-8,11-13H,1-3,9-10,20H2;1-5,10-12,20H,6-9,19H2;1-6H3. The molecule has 2 aliphatic heterocycles. The number of nitrogen functional groups attached to an aromatic ring is 2. The lowest BCUT2D eigenvalue weighted by Crippen LogP contribution is -2.43. The summed E-state index contributed by atoms with van der Waals surface area (Å²) < 4.78 is 25.6. The molecule has 4 heterocycles. The highest BCUT2D eigenvalue weighted by Gasteiger charge is 2.24. The van der Waals surface area contributed by atoms with Gasteiger partial charge in [-0.05, 0) is 109 Å². The van der Waals surface area contributed by atoms with E-state index in [9.17, 15) is 9.59 Å². The van der Waals surface area contributed by atoms with E-state index in [1.165, 1.54) is 19.3 Å². The fourth-order valence-corrected chi connectivity index (χ4v) is 6.45. The van der Waals surface area contributed by atoms with Crippen molar-refractivity contribution in [3.8, 4) is 23.0 Å². The van der Waals surface area contributed by atoms with Gasteiger partial charge in [0.1, 0.15) is 45.8 Å². The smallest absolute Gasteiger partial charge is 0.457 e. The molecule has 0 bridgehead atoms. The number of benzene rings is 4. The summed E-state index contributed by atoms with van der Waals surface area (Å²) in [5.74, 6) is 4.74. The molecule has 0 spiro atoms. The highest BCUT2D eigenvalue weighted by atomic mass is 16.8. The number of rotatable bonds is 6. The van der Waals surface area contributed by atoms with E-state index in [-0.39, 0.29) is 0 Å². The summed E-state index contributed by atoms with van der Waals surface area (Å²) in [4.78, 5) is 45.2. The Bertz CT molecular complexity index is 2310. The van der Waals surface area contributed by atoms with Gasteiger partial charge >= 0.3 is 12.3 Å². The second kappa shape index (κ2) is 20.8. The van der Waals surface area contributed by atoms with E-state index in [1.54, 1.807) is 53.7 Å². The average Bonchev–Trinajstić information content (AvgIpc) is 3.23. The van der Waals surface area contributed by atoms with Crippen molar-refractivity contribution < 1.29 is 33.3 Å². The van der Waals surface area contributed by atoms with E-state index in [2.05, 4.69) is 29.8 Å². The van der Waals surface area contributed by atoms with Crippen LogP contribution in [-0.2, 0) is 14.2 Å². The first-order valence-electron chi connectivity index (χ1n) is 21.0. The highest BCUT2D eigenvalue weighted by Crippen LogP contribution is 2.28. The van der Waals surface area contributed by atoms with Crippen LogP contribution in [0.4, 0.5) is 32.6 Å². The van der Waals surface area contributed by atoms with Gasteiger partial charge in [-0.1, -0.05) is 12.1 Å². The maximum Gasteiger partial charge on any atom is 0.519 e. The van der Waals surface area contributed by atoms with Gasteiger partial charge in [0.25, 0.3) is 0 Å². The minimum Gasteiger partial charge on any atom is -0.457 e. The molecule has 6 aromatic rings. The predicted octanol–water partition coefficient (Wildman–Crippen LogP) is 9.28. The summed E-state index contributed by atoms with van der Waals surface area (Å²) in [6.45, 7) is 16.0. The number of hydrogen-bond acceptors (Lipinski definition) is 16. The summed E-state index contributed by atoms with van der Waals surface area (Å²) in [7, 11) is 0. The summed E-state index contributed by atoms with van der Waals surface area (Å²) in [5, 5.41) is 3.34. The molecule has 2 saturated heterocycles. The first-order chi connectivity index (χ1) is 30.0. The van der Waals surface area contributed by atoms with Crippen molar-refractivity contribution in [2.24, 2.45) is 0 Å². The molecule has 0 unspecified atom stereocenters. The number of ether oxygens (including phenoxy) is 5. The van der Waals surface area contributed by atoms with Gasteiger partial charge in [0.2, 0.25) is 0 Å². The monoisotopic (exact) mass is 859 g/mol. The van der Waals surface area contributed by atoms with Crippen LogP contribution in [0, 0.1) is 0 Å². The van der Waals surface area contributed by atoms with Gasteiger partial charge in [0.15, 0.2) is 0 Å². The van der Waals surface area contributed by atoms with Crippen molar-refractivity contribution in [1.29, 1.82) is 0 Å². The Balaban J connectivity index is 0.000000163. The number of nitrogens with zero attached hydrogens (tertiary/aromatic N) is 6. The van der Waals surface area contributed by atoms with Gasteiger partial charge in [0, 0.05) is 74.9 Å². The number of aromatic nitrogens is 4. The van der Waals surface area contributed by atoms with Gasteiger partial charge in [-0.3, -0.25) is 9.97 Å². The number of piperazine rings is 1. The molecule has 8 rings (SSSR count). The van der Waals surface area contributed by atoms with E-state index in [0.717, 1.165) is 90.2 Å². The maximum absolute atomic E-state index is 11.0. The van der Waals surface area contributed by atoms with Crippen LogP contribution in [0.5, 0.6) is 23.0 Å². The molecule has 63 heavy (non-hydrogen) atoms. The maximum atomic E-state index is 11.0. The van der Waals surface area contributed by atoms with Gasteiger partial charge in [-0.25, -0.2) is 19.6 Å². The molecular formula is C47H57N9O7. The van der Waals surface area contributed by atoms with E-state index < -0.39 is 23.5 Å². The zero-order valence-electron chi connectivity index (χ0n) is 36.8. The molecule has 0 atom stereocenters. The zero-order valence-corrected chi connectivity index (χ0v) is 36.8. The molecule has 5 N–H and O–H groups in total. The van der Waals surface area contributed by atoms with Crippen molar-refractivity contribution >= 4 is 57.4 Å². The molecule has 16 heteroatoms. The van der Waals surface area contributed by atoms with E-state index >= 15 is 0 Å². The van der Waals surface area contributed by atoms with Crippen molar-refractivity contribution in [2.45, 2.75) is 72.0 Å². The molecular weight excluding hydrogens is 803 g/mol. The molecule has 0 aliphatic carbocycles. The summed E-state index contributed by atoms with van der Waals surface area (Å²) in [6.07, 6.45) is 5.33. The Morgan fingerprint density at radius 1 is 0.556 bits per heavy atom. The van der Waals surface area contributed by atoms with E-state index in [1.807, 2.05) is 85.2 Å². The molecule has 0 radical (unpaired) electrons. The molecule has 16 nitrogen and oxygen atoms in total. The molecule has 0 amide bonds. The predicted molar refractivity (Wildman–Crippen MR) is 246 cm³/mol. The highest BCUT2D eigenvalue weighted by molar-refractivity contribution is 5.79. The first-order valence-corrected chi connectivity index (χ1v) is 21.0. The zero-order chi connectivity index (χ0) is 45.0. The van der Waals surface area contributed by atoms with Crippen molar-refractivity contribution in [1.82, 2.24) is 25.3 Å². The van der Waals surface area contributed by atoms with Crippen LogP contribution >= 0.6 is 0 Å². The van der Waals surface area contributed by atoms with Crippen molar-refractivity contribution in [3.63, 3.8) is 0 Å². The Labute approximate surface area is 367 Å². The quantitative estimate of drug-likeness (QED) is 0.0811. The van der Waals surface area contributed by atoms with Crippen LogP contribution in [0.15, 0.2) is 97.3 Å². The van der Waals surface area contributed by atoms with Crippen molar-refractivity contribution in [2.75, 3.05) is 60.5 Å². The number of anilines is 4. The first kappa shape index (κ1) is 45.6. The van der Waals surface area contributed by atoms with Gasteiger partial charge < -0.3 is 50.3 Å². The summed E-state index contributed by atoms with van der Waals surface area (Å²) in [6, 6.07) is 26.3. The van der Waals surface area contributed by atoms with Crippen molar-refractivity contribution in [3.05, 3.63) is 97.3 Å². The van der Waals surface area contributed by atoms with Crippen LogP contribution in [0.3, 0.4) is 0 Å². The number of piperidine rings is 1. The lowest BCUT2D eigenvalue weighted by atomic mass is 10.1. The Morgan fingerprint density at radius 3 is 1.41 bits per heavy atom. The Morgan fingerprint density at radius 2 is 0.984 bits per heavy atom. The lowest BCUT2D eigenvalue weighted by Gasteiger charge is -2.28. The van der Waals surface area contributed by atoms with Crippen LogP contribution in [0.2, 0.25) is 0 Å². The van der Waals surface area contributed by atoms with Crippen LogP contribution < -0.4 is 36.1 Å². The normalized spacial score (nSPS) is 14.1. The van der Waals surface area contributed by atoms with E-state index in [0.29, 0.717) is 17.1 Å². The minimum atomic E-state index is -1.06.